The van der Waals surface area contributed by atoms with Gasteiger partial charge in [-0.2, -0.15) is 0 Å². The number of hydrogen-bond acceptors (Lipinski definition) is 4. The number of nitrogens with zero attached hydrogens (tertiary/aromatic N) is 1. The molecule has 5 nitrogen and oxygen atoms in total. The van der Waals surface area contributed by atoms with Gasteiger partial charge in [0.05, 0.1) is 11.8 Å². The number of ketones is 1. The number of Topliss-reactive ketones (excluding diaryl/α,β-unsaturated/α-hetero) is 1. The van der Waals surface area contributed by atoms with E-state index in [1.165, 1.54) is 16.4 Å². The van der Waals surface area contributed by atoms with E-state index in [4.69, 9.17) is 4.74 Å². The van der Waals surface area contributed by atoms with Gasteiger partial charge in [-0.25, -0.2) is 12.8 Å². The fourth-order valence-corrected chi connectivity index (χ4v) is 4.30. The minimum Gasteiger partial charge on any atom is -0.378 e. The smallest absolute Gasteiger partial charge is 0.242 e. The van der Waals surface area contributed by atoms with Crippen LogP contribution in [0.5, 0.6) is 0 Å². The Labute approximate surface area is 122 Å². The summed E-state index contributed by atoms with van der Waals surface area (Å²) < 4.78 is 44.4. The number of anilines is 1. The van der Waals surface area contributed by atoms with Crippen molar-refractivity contribution in [1.29, 1.82) is 0 Å². The SMILES string of the molecule is O=C1CS(=O)(=O)N(CCC2CCCO2)c2ccc(F)cc21. The second-order valence-electron chi connectivity index (χ2n) is 5.34. The van der Waals surface area contributed by atoms with E-state index in [1.807, 2.05) is 0 Å². The van der Waals surface area contributed by atoms with Gasteiger partial charge < -0.3 is 4.74 Å². The predicted molar refractivity (Wildman–Crippen MR) is 75.5 cm³/mol. The standard InChI is InChI=1S/C14H16FNO4S/c15-10-3-4-13-12(8-10)14(17)9-21(18,19)16(13)6-5-11-2-1-7-20-11/h3-4,8,11H,1-2,5-7,9H2. The van der Waals surface area contributed by atoms with Crippen LogP contribution in [0.4, 0.5) is 10.1 Å². The summed E-state index contributed by atoms with van der Waals surface area (Å²) in [5.41, 5.74) is 0.405. The number of sulfonamides is 1. The second-order valence-corrected chi connectivity index (χ2v) is 7.23. The molecule has 0 N–H and O–H groups in total. The molecule has 7 heteroatoms. The van der Waals surface area contributed by atoms with Crippen molar-refractivity contribution in [2.24, 2.45) is 0 Å². The van der Waals surface area contributed by atoms with Gasteiger partial charge in [-0.05, 0) is 37.5 Å². The van der Waals surface area contributed by atoms with E-state index < -0.39 is 27.4 Å². The van der Waals surface area contributed by atoms with Gasteiger partial charge in [0.1, 0.15) is 11.6 Å². The lowest BCUT2D eigenvalue weighted by Gasteiger charge is -2.30. The molecule has 114 valence electrons. The van der Waals surface area contributed by atoms with E-state index in [1.54, 1.807) is 0 Å². The maximum atomic E-state index is 13.3. The first-order chi connectivity index (χ1) is 9.97. The van der Waals surface area contributed by atoms with E-state index in [2.05, 4.69) is 0 Å². The number of benzene rings is 1. The second kappa shape index (κ2) is 5.38. The Balaban J connectivity index is 1.89. The van der Waals surface area contributed by atoms with Crippen molar-refractivity contribution < 1.29 is 22.3 Å². The highest BCUT2D eigenvalue weighted by atomic mass is 32.2. The first kappa shape index (κ1) is 14.5. The van der Waals surface area contributed by atoms with Crippen LogP contribution >= 0.6 is 0 Å². The summed E-state index contributed by atoms with van der Waals surface area (Å²) in [6.45, 7) is 0.955. The Bertz CT molecular complexity index is 668. The third kappa shape index (κ3) is 2.80. The van der Waals surface area contributed by atoms with Crippen LogP contribution in [0.15, 0.2) is 18.2 Å². The maximum Gasteiger partial charge on any atom is 0.242 e. The van der Waals surface area contributed by atoms with E-state index in [9.17, 15) is 17.6 Å². The molecule has 1 fully saturated rings. The third-order valence-electron chi connectivity index (χ3n) is 3.86. The van der Waals surface area contributed by atoms with Crippen molar-refractivity contribution in [3.63, 3.8) is 0 Å². The molecule has 1 saturated heterocycles. The number of fused-ring (bicyclic) bond motifs is 1. The largest absolute Gasteiger partial charge is 0.378 e. The normalized spacial score (nSPS) is 24.1. The summed E-state index contributed by atoms with van der Waals surface area (Å²) in [4.78, 5) is 11.9. The Morgan fingerprint density at radius 3 is 2.90 bits per heavy atom. The van der Waals surface area contributed by atoms with Gasteiger partial charge >= 0.3 is 0 Å². The quantitative estimate of drug-likeness (QED) is 0.852. The summed E-state index contributed by atoms with van der Waals surface area (Å²) in [5.74, 6) is -1.70. The van der Waals surface area contributed by atoms with Gasteiger partial charge in [-0.1, -0.05) is 0 Å². The summed E-state index contributed by atoms with van der Waals surface area (Å²) in [7, 11) is -3.68. The molecule has 21 heavy (non-hydrogen) atoms. The molecule has 2 aliphatic heterocycles. The van der Waals surface area contributed by atoms with E-state index in [0.29, 0.717) is 13.0 Å². The molecule has 0 radical (unpaired) electrons. The zero-order valence-electron chi connectivity index (χ0n) is 11.4. The van der Waals surface area contributed by atoms with Crippen LogP contribution in [0.3, 0.4) is 0 Å². The van der Waals surface area contributed by atoms with Gasteiger partial charge in [0.2, 0.25) is 10.0 Å². The Morgan fingerprint density at radius 1 is 1.38 bits per heavy atom. The molecular formula is C14H16FNO4S. The number of rotatable bonds is 3. The van der Waals surface area contributed by atoms with E-state index >= 15 is 0 Å². The molecule has 3 rings (SSSR count). The van der Waals surface area contributed by atoms with Crippen LogP contribution in [0, 0.1) is 5.82 Å². The van der Waals surface area contributed by atoms with E-state index in [0.717, 1.165) is 18.9 Å². The minimum absolute atomic E-state index is 0.0572. The van der Waals surface area contributed by atoms with Crippen molar-refractivity contribution in [2.45, 2.75) is 25.4 Å². The first-order valence-corrected chi connectivity index (χ1v) is 8.53. The average Bonchev–Trinajstić information content (AvgIpc) is 2.91. The highest BCUT2D eigenvalue weighted by Crippen LogP contribution is 2.31. The number of carbonyl (C=O) groups excluding carboxylic acids is 1. The molecule has 0 aromatic heterocycles. The van der Waals surface area contributed by atoms with Crippen LogP contribution in [0.1, 0.15) is 29.6 Å². The number of halogens is 1. The zero-order chi connectivity index (χ0) is 15.0. The molecule has 2 heterocycles. The molecule has 0 spiro atoms. The topological polar surface area (TPSA) is 63.7 Å². The first-order valence-electron chi connectivity index (χ1n) is 6.92. The van der Waals surface area contributed by atoms with Crippen LogP contribution in [0.25, 0.3) is 0 Å². The highest BCUT2D eigenvalue weighted by Gasteiger charge is 2.35. The summed E-state index contributed by atoms with van der Waals surface area (Å²) in [6, 6.07) is 3.63. The monoisotopic (exact) mass is 313 g/mol. The Morgan fingerprint density at radius 2 is 2.19 bits per heavy atom. The summed E-state index contributed by atoms with van der Waals surface area (Å²) in [5, 5.41) is 0. The lowest BCUT2D eigenvalue weighted by atomic mass is 10.1. The highest BCUT2D eigenvalue weighted by molar-refractivity contribution is 7.93. The summed E-state index contributed by atoms with van der Waals surface area (Å²) >= 11 is 0. The number of ether oxygens (including phenoxy) is 1. The molecule has 2 aliphatic rings. The molecule has 1 aromatic rings. The van der Waals surface area contributed by atoms with Crippen LogP contribution < -0.4 is 4.31 Å². The van der Waals surface area contributed by atoms with Crippen molar-refractivity contribution in [3.05, 3.63) is 29.6 Å². The van der Waals surface area contributed by atoms with Gasteiger partial charge in [-0.3, -0.25) is 9.10 Å². The molecule has 1 atom stereocenters. The van der Waals surface area contributed by atoms with Crippen molar-refractivity contribution >= 4 is 21.5 Å². The van der Waals surface area contributed by atoms with Gasteiger partial charge in [0.15, 0.2) is 5.78 Å². The summed E-state index contributed by atoms with van der Waals surface area (Å²) in [6.07, 6.45) is 2.53. The van der Waals surface area contributed by atoms with Crippen LogP contribution in [-0.4, -0.2) is 39.2 Å². The average molecular weight is 313 g/mol. The zero-order valence-corrected chi connectivity index (χ0v) is 12.2. The molecule has 0 saturated carbocycles. The Kier molecular flexibility index (Phi) is 3.71. The van der Waals surface area contributed by atoms with Gasteiger partial charge in [-0.15, -0.1) is 0 Å². The maximum absolute atomic E-state index is 13.3. The molecule has 1 unspecified atom stereocenters. The molecular weight excluding hydrogens is 297 g/mol. The minimum atomic E-state index is -3.68. The third-order valence-corrected chi connectivity index (χ3v) is 5.53. The Hall–Kier alpha value is -1.47. The molecule has 0 bridgehead atoms. The fourth-order valence-electron chi connectivity index (χ4n) is 2.81. The molecule has 1 aromatic carbocycles. The van der Waals surface area contributed by atoms with Gasteiger partial charge in [0.25, 0.3) is 0 Å². The van der Waals surface area contributed by atoms with Crippen LogP contribution in [0.2, 0.25) is 0 Å². The predicted octanol–water partition coefficient (Wildman–Crippen LogP) is 1.73. The lowest BCUT2D eigenvalue weighted by molar-refractivity contribution is 0.101. The van der Waals surface area contributed by atoms with E-state index in [-0.39, 0.29) is 23.9 Å². The van der Waals surface area contributed by atoms with Crippen molar-refractivity contribution in [3.8, 4) is 0 Å². The lowest BCUT2D eigenvalue weighted by Crippen LogP contribution is -2.42. The van der Waals surface area contributed by atoms with Crippen LogP contribution in [-0.2, 0) is 14.8 Å². The number of hydrogen-bond donors (Lipinski definition) is 0. The molecule has 0 amide bonds. The van der Waals surface area contributed by atoms with Crippen molar-refractivity contribution in [2.75, 3.05) is 23.2 Å². The number of carbonyl (C=O) groups is 1. The fraction of sp³-hybridized carbons (Fsp3) is 0.500. The van der Waals surface area contributed by atoms with Gasteiger partial charge in [0, 0.05) is 18.7 Å². The van der Waals surface area contributed by atoms with Crippen molar-refractivity contribution in [1.82, 2.24) is 0 Å². The molecule has 0 aliphatic carbocycles.